The SMILES string of the molecule is CCCC(=O)[C@H](CC(C)C)NC(=O)[C@@H]1CCCN1C(=O)COCCCC(=O)[C@H](Cc1ccc(/C(C)=N/OCCNC(=O)OCCOC)cc1)NC(=O)[C@@H](CCC(=O)O)CC(=O)[C@@H](CCC(=O)O)NC(=O)[C@@H](CCC(=O)O)CC(=O)[C@@H](CCC(=O)O)NC(=O)[C@@H](CCC(=O)O)CC(=O)COCCCC(=O)CCCCCN1/C(=C/C=C/C=C/C=C/C2=[N+](CC)c3ccc(C)cc3C2(C)C)C(C)(C)c2cc(S(=O)(=O)O)ccc21. The standard InChI is InChI=1S/C105H145N9O30S/c1-12-25-87(117)82(58-67(3)4)110-102(135)86-28-22-52-114(86)93(121)66-142-54-24-29-88(118)83(60-70-33-35-71(36-34-70)69(6)111-144-55-50-106-103(136)143-57-56-140-11)109-101(134)74(39-47-96(126)127)63-90(120)81(42-49-98(130)131)108-100(133)73(38-46-95(124)125)62-89(119)80(41-48-97(128)129)107-99(132)72(37-45-94(122)123)61-76(116)65-141-53-23-27-75(115)26-18-17-21-51-113-85-44-40-77(145(137,138)139)64-79(85)105(9,10)92(113)31-20-16-14-15-19-30-91-104(7,8)78-59-68(5)32-43-84(78)112(91)13-2/h14-16,19-20,30-36,40,43-44,59,64,67,72-74,80-83,86H,12-13,17-18,21-29,37-39,41-42,45-58,60-63,65-66H2,1-11H3,(H10-,106,107,108,109,110,122,123,124,125,126,127,128,129,130,131,132,133,134,135,136,137,138,139)/p+1/b111-69+/t72-,73-,74-,80+,81+,82-,83-,86-/m0/s1. The number of alkyl carbamates (subject to hydrolysis) is 1. The molecule has 3 aromatic rings. The van der Waals surface area contributed by atoms with E-state index in [9.17, 15) is 120 Å². The Morgan fingerprint density at radius 1 is 0.559 bits per heavy atom. The number of benzene rings is 3. The number of carbonyl (C=O) groups is 17. The number of oxime groups is 1. The topological polar surface area (TPSA) is 574 Å². The summed E-state index contributed by atoms with van der Waals surface area (Å²) in [5.74, 6) is -20.1. The number of unbranched alkanes of at least 4 members (excludes halogenated alkanes) is 2. The number of rotatable bonds is 71. The van der Waals surface area contributed by atoms with Gasteiger partial charge < -0.3 is 85.7 Å². The second-order valence-corrected chi connectivity index (χ2v) is 39.6. The molecule has 0 unspecified atom stereocenters. The van der Waals surface area contributed by atoms with E-state index >= 15 is 0 Å². The molecule has 8 atom stereocenters. The predicted molar refractivity (Wildman–Crippen MR) is 535 cm³/mol. The van der Waals surface area contributed by atoms with E-state index in [-0.39, 0.29) is 119 Å². The lowest BCUT2D eigenvalue weighted by Gasteiger charge is -2.27. The molecule has 11 N–H and O–H groups in total. The molecule has 1 saturated heterocycles. The number of anilines is 1. The fraction of sp³-hybridized carbons (Fsp3) is 0.571. The van der Waals surface area contributed by atoms with Crippen molar-refractivity contribution in [3.63, 3.8) is 0 Å². The lowest BCUT2D eigenvalue weighted by Crippen LogP contribution is -2.51. The molecule has 0 aliphatic carbocycles. The van der Waals surface area contributed by atoms with Crippen LogP contribution in [0.5, 0.6) is 0 Å². The molecule has 3 aromatic carbocycles. The molecule has 6 rings (SSSR count). The molecule has 40 heteroatoms. The van der Waals surface area contributed by atoms with Crippen molar-refractivity contribution in [1.29, 1.82) is 0 Å². The first-order valence-corrected chi connectivity index (χ1v) is 51.1. The highest BCUT2D eigenvalue weighted by atomic mass is 32.2. The first kappa shape index (κ1) is 121. The van der Waals surface area contributed by atoms with E-state index in [2.05, 4.69) is 93.2 Å². The van der Waals surface area contributed by atoms with Crippen molar-refractivity contribution < 1.29 is 148 Å². The number of hydrogen-bond donors (Lipinski definition) is 11. The molecule has 0 aromatic heterocycles. The van der Waals surface area contributed by atoms with Crippen molar-refractivity contribution in [2.24, 2.45) is 28.8 Å². The van der Waals surface area contributed by atoms with Gasteiger partial charge >= 0.3 is 35.9 Å². The molecule has 6 amide bonds. The zero-order chi connectivity index (χ0) is 107. The van der Waals surface area contributed by atoms with E-state index in [1.54, 1.807) is 37.3 Å². The normalized spacial score (nSPS) is 16.1. The number of carbonyl (C=O) groups excluding carboxylic acids is 12. The third-order valence-electron chi connectivity index (χ3n) is 25.6. The monoisotopic (exact) mass is 2040 g/mol. The Labute approximate surface area is 847 Å². The minimum Gasteiger partial charge on any atom is -0.481 e. The van der Waals surface area contributed by atoms with Crippen molar-refractivity contribution in [2.45, 2.75) is 289 Å². The number of likely N-dealkylation sites (tertiary alicyclic amines) is 1. The van der Waals surface area contributed by atoms with Crippen LogP contribution in [0.1, 0.15) is 257 Å². The van der Waals surface area contributed by atoms with Gasteiger partial charge in [0.05, 0.1) is 53.3 Å². The maximum absolute atomic E-state index is 14.8. The van der Waals surface area contributed by atoms with Crippen molar-refractivity contribution >= 4 is 133 Å². The Morgan fingerprint density at radius 3 is 1.68 bits per heavy atom. The number of fused-ring (bicyclic) bond motifs is 2. The maximum atomic E-state index is 14.8. The zero-order valence-electron chi connectivity index (χ0n) is 85.1. The molecule has 145 heavy (non-hydrogen) atoms. The van der Waals surface area contributed by atoms with Crippen LogP contribution < -0.4 is 31.5 Å². The second kappa shape index (κ2) is 60.9. The molecule has 3 aliphatic heterocycles. The highest BCUT2D eigenvalue weighted by Gasteiger charge is 2.46. The number of nitrogens with one attached hydrogen (secondary N) is 5. The van der Waals surface area contributed by atoms with Crippen LogP contribution in [0.15, 0.2) is 119 Å². The van der Waals surface area contributed by atoms with E-state index in [1.807, 2.05) is 71.1 Å². The Morgan fingerprint density at radius 2 is 1.11 bits per heavy atom. The van der Waals surface area contributed by atoms with Gasteiger partial charge in [-0.2, -0.15) is 13.0 Å². The Balaban J connectivity index is 1.09. The van der Waals surface area contributed by atoms with Gasteiger partial charge in [-0.05, 0) is 177 Å². The molecule has 0 bridgehead atoms. The number of amides is 6. The van der Waals surface area contributed by atoms with Crippen LogP contribution in [0.2, 0.25) is 0 Å². The van der Waals surface area contributed by atoms with E-state index in [4.69, 9.17) is 23.8 Å². The molecule has 0 spiro atoms. The van der Waals surface area contributed by atoms with Crippen molar-refractivity contribution in [1.82, 2.24) is 31.5 Å². The van der Waals surface area contributed by atoms with Crippen molar-refractivity contribution in [2.75, 3.05) is 84.4 Å². The quantitative estimate of drug-likeness (QED) is 0.00624. The maximum Gasteiger partial charge on any atom is 0.407 e. The highest BCUT2D eigenvalue weighted by molar-refractivity contribution is 7.85. The number of Topliss-reactive ketones (excluding diaryl/α,β-unsaturated/α-hetero) is 6. The van der Waals surface area contributed by atoms with Gasteiger partial charge in [0, 0.05) is 163 Å². The molecular formula is C105H146N9O30S+. The summed E-state index contributed by atoms with van der Waals surface area (Å²) in [7, 11) is -3.08. The van der Waals surface area contributed by atoms with Crippen LogP contribution in [-0.2, 0) is 128 Å². The third-order valence-corrected chi connectivity index (χ3v) is 26.4. The lowest BCUT2D eigenvalue weighted by atomic mass is 9.81. The summed E-state index contributed by atoms with van der Waals surface area (Å²) in [6.45, 7) is 20.4. The number of carboxylic acids is 5. The summed E-state index contributed by atoms with van der Waals surface area (Å²) < 4.78 is 58.2. The zero-order valence-corrected chi connectivity index (χ0v) is 85.9. The second-order valence-electron chi connectivity index (χ2n) is 38.2. The highest BCUT2D eigenvalue weighted by Crippen LogP contribution is 2.49. The molecule has 39 nitrogen and oxygen atoms in total. The van der Waals surface area contributed by atoms with E-state index < -0.39 is 249 Å². The number of ether oxygens (including phenoxy) is 4. The molecule has 0 radical (unpaired) electrons. The van der Waals surface area contributed by atoms with Crippen LogP contribution in [0.3, 0.4) is 0 Å². The molecule has 796 valence electrons. The first-order valence-electron chi connectivity index (χ1n) is 49.6. The Hall–Kier alpha value is -12.7. The van der Waals surface area contributed by atoms with E-state index in [1.165, 1.54) is 46.7 Å². The van der Waals surface area contributed by atoms with Gasteiger partial charge in [-0.15, -0.1) is 0 Å². The van der Waals surface area contributed by atoms with Crippen molar-refractivity contribution in [3.05, 3.63) is 137 Å². The van der Waals surface area contributed by atoms with Crippen LogP contribution in [0.25, 0.3) is 0 Å². The fourth-order valence-corrected chi connectivity index (χ4v) is 18.2. The van der Waals surface area contributed by atoms with Gasteiger partial charge in [0.1, 0.15) is 44.8 Å². The summed E-state index contributed by atoms with van der Waals surface area (Å²) in [6, 6.07) is 10.8. The lowest BCUT2D eigenvalue weighted by molar-refractivity contribution is -0.433. The summed E-state index contributed by atoms with van der Waals surface area (Å²) in [4.78, 5) is 236. The number of methoxy groups -OCH3 is 1. The van der Waals surface area contributed by atoms with Gasteiger partial charge in [-0.25, -0.2) is 4.79 Å². The van der Waals surface area contributed by atoms with Gasteiger partial charge in [-0.1, -0.05) is 112 Å². The summed E-state index contributed by atoms with van der Waals surface area (Å²) in [5.41, 5.74) is 7.71. The number of nitrogens with zero attached hydrogens (tertiary/aromatic N) is 4. The van der Waals surface area contributed by atoms with Crippen molar-refractivity contribution in [3.8, 4) is 0 Å². The summed E-state index contributed by atoms with van der Waals surface area (Å²) >= 11 is 0. The molecular weight excluding hydrogens is 1900 g/mol. The van der Waals surface area contributed by atoms with E-state index in [0.29, 0.717) is 73.9 Å². The largest absolute Gasteiger partial charge is 0.481 e. The number of allylic oxidation sites excluding steroid dienone is 8. The number of aliphatic carboxylic acids is 5. The number of hydrogen-bond acceptors (Lipinski definition) is 26. The predicted octanol–water partition coefficient (Wildman–Crippen LogP) is 11.0. The van der Waals surface area contributed by atoms with Gasteiger partial charge in [0.25, 0.3) is 10.1 Å². The Kier molecular flexibility index (Phi) is 50.9. The average Bonchev–Trinajstić information content (AvgIpc) is 1.59. The minimum absolute atomic E-state index is 0.0285. The Bertz CT molecular complexity index is 5340. The number of aryl methyl sites for hydroxylation is 1. The van der Waals surface area contributed by atoms with Gasteiger partial charge in [0.2, 0.25) is 35.2 Å². The average molecular weight is 2050 g/mol. The fourth-order valence-electron chi connectivity index (χ4n) is 17.7. The van der Waals surface area contributed by atoms with Crippen LogP contribution in [0, 0.1) is 30.6 Å². The van der Waals surface area contributed by atoms with Crippen LogP contribution >= 0.6 is 0 Å². The molecule has 0 saturated carbocycles. The molecule has 3 heterocycles. The number of carboxylic acid groups (broad SMARTS) is 5. The van der Waals surface area contributed by atoms with Crippen LogP contribution in [0.4, 0.5) is 16.2 Å². The van der Waals surface area contributed by atoms with Gasteiger partial charge in [-0.3, -0.25) is 81.3 Å². The van der Waals surface area contributed by atoms with E-state index in [0.717, 1.165) is 17.9 Å². The number of ketones is 6. The molecule has 3 aliphatic rings. The summed E-state index contributed by atoms with van der Waals surface area (Å²) in [5, 5.41) is 66.1. The minimum atomic E-state index is -4.52. The molecule has 1 fully saturated rings. The smallest absolute Gasteiger partial charge is 0.407 e. The van der Waals surface area contributed by atoms with Gasteiger partial charge in [0.15, 0.2) is 34.6 Å². The third kappa shape index (κ3) is 40.7. The first-order chi connectivity index (χ1) is 68.7. The summed E-state index contributed by atoms with van der Waals surface area (Å²) in [6.07, 6.45) is 7.41. The van der Waals surface area contributed by atoms with Crippen LogP contribution in [-0.4, -0.2) is 269 Å².